The predicted octanol–water partition coefficient (Wildman–Crippen LogP) is 2.29. The van der Waals surface area contributed by atoms with Crippen LogP contribution < -0.4 is 10.6 Å². The lowest BCUT2D eigenvalue weighted by Crippen LogP contribution is -2.40. The third-order valence-electron chi connectivity index (χ3n) is 5.19. The van der Waals surface area contributed by atoms with Crippen LogP contribution in [0.3, 0.4) is 0 Å². The van der Waals surface area contributed by atoms with Gasteiger partial charge in [-0.25, -0.2) is 0 Å². The number of carbonyl (C=O) groups is 1. The smallest absolute Gasteiger partial charge is 0.222 e. The SMILES string of the molecule is CCNC(=NCCCN1CCCC1=O)NCCCN1CCC(C)CC1.I. The summed E-state index contributed by atoms with van der Waals surface area (Å²) >= 11 is 0. The van der Waals surface area contributed by atoms with Gasteiger partial charge in [0.2, 0.25) is 5.91 Å². The minimum Gasteiger partial charge on any atom is -0.357 e. The molecule has 2 heterocycles. The van der Waals surface area contributed by atoms with Crippen molar-refractivity contribution in [3.05, 3.63) is 0 Å². The lowest BCUT2D eigenvalue weighted by atomic mass is 9.99. The number of likely N-dealkylation sites (tertiary alicyclic amines) is 2. The number of hydrogen-bond donors (Lipinski definition) is 2. The first-order chi connectivity index (χ1) is 12.2. The second-order valence-corrected chi connectivity index (χ2v) is 7.40. The quantitative estimate of drug-likeness (QED) is 0.231. The maximum Gasteiger partial charge on any atom is 0.222 e. The fourth-order valence-corrected chi connectivity index (χ4v) is 3.53. The monoisotopic (exact) mass is 479 g/mol. The van der Waals surface area contributed by atoms with Gasteiger partial charge in [-0.3, -0.25) is 9.79 Å². The summed E-state index contributed by atoms with van der Waals surface area (Å²) in [5.74, 6) is 2.11. The number of rotatable bonds is 9. The highest BCUT2D eigenvalue weighted by Gasteiger charge is 2.19. The molecule has 0 aliphatic carbocycles. The molecule has 2 saturated heterocycles. The second kappa shape index (κ2) is 13.6. The molecule has 0 saturated carbocycles. The standard InChI is InChI=1S/C19H37N5O.HI/c1-3-20-19(22-11-6-14-24-13-4-7-18(24)25)21-10-5-12-23-15-8-17(2)9-16-23;/h17H,3-16H2,1-2H3,(H2,20,21,22);1H. The van der Waals surface area contributed by atoms with E-state index in [4.69, 9.17) is 0 Å². The molecule has 0 atom stereocenters. The molecule has 2 fully saturated rings. The summed E-state index contributed by atoms with van der Waals surface area (Å²) in [6, 6.07) is 0. The molecule has 0 aromatic heterocycles. The molecule has 7 heteroatoms. The number of carbonyl (C=O) groups excluding carboxylic acids is 1. The van der Waals surface area contributed by atoms with E-state index in [2.05, 4.69) is 34.4 Å². The molecule has 0 radical (unpaired) electrons. The van der Waals surface area contributed by atoms with Gasteiger partial charge in [0.1, 0.15) is 0 Å². The van der Waals surface area contributed by atoms with Gasteiger partial charge in [-0.2, -0.15) is 0 Å². The molecule has 2 aliphatic rings. The van der Waals surface area contributed by atoms with Crippen LogP contribution in [-0.2, 0) is 4.79 Å². The summed E-state index contributed by atoms with van der Waals surface area (Å²) in [7, 11) is 0. The number of halogens is 1. The van der Waals surface area contributed by atoms with Gasteiger partial charge in [-0.1, -0.05) is 6.92 Å². The number of amides is 1. The van der Waals surface area contributed by atoms with Gasteiger partial charge >= 0.3 is 0 Å². The van der Waals surface area contributed by atoms with Crippen molar-refractivity contribution in [3.8, 4) is 0 Å². The number of nitrogens with one attached hydrogen (secondary N) is 2. The van der Waals surface area contributed by atoms with E-state index in [1.807, 2.05) is 4.90 Å². The number of nitrogens with zero attached hydrogens (tertiary/aromatic N) is 3. The molecule has 2 aliphatic heterocycles. The first kappa shape index (κ1) is 23.5. The van der Waals surface area contributed by atoms with E-state index in [0.717, 1.165) is 70.3 Å². The van der Waals surface area contributed by atoms with Crippen LogP contribution >= 0.6 is 24.0 Å². The number of guanidine groups is 1. The zero-order valence-corrected chi connectivity index (χ0v) is 19.0. The number of aliphatic imine (C=N–C) groups is 1. The summed E-state index contributed by atoms with van der Waals surface area (Å²) in [6.45, 7) is 12.5. The minimum atomic E-state index is 0. The van der Waals surface area contributed by atoms with E-state index in [-0.39, 0.29) is 24.0 Å². The summed E-state index contributed by atoms with van der Waals surface area (Å²) < 4.78 is 0. The Kier molecular flexibility index (Phi) is 12.3. The highest BCUT2D eigenvalue weighted by Crippen LogP contribution is 2.15. The highest BCUT2D eigenvalue weighted by molar-refractivity contribution is 14.0. The van der Waals surface area contributed by atoms with E-state index in [1.165, 1.54) is 32.5 Å². The van der Waals surface area contributed by atoms with Crippen molar-refractivity contribution >= 4 is 35.8 Å². The van der Waals surface area contributed by atoms with Gasteiger partial charge < -0.3 is 20.4 Å². The minimum absolute atomic E-state index is 0. The summed E-state index contributed by atoms with van der Waals surface area (Å²) in [5, 5.41) is 6.75. The maximum atomic E-state index is 11.6. The Morgan fingerprint density at radius 1 is 1.15 bits per heavy atom. The van der Waals surface area contributed by atoms with E-state index >= 15 is 0 Å². The van der Waals surface area contributed by atoms with E-state index in [1.54, 1.807) is 0 Å². The van der Waals surface area contributed by atoms with Gasteiger partial charge in [0.25, 0.3) is 0 Å². The average molecular weight is 479 g/mol. The Balaban J connectivity index is 0.00000338. The Labute approximate surface area is 176 Å². The molecule has 0 aromatic rings. The van der Waals surface area contributed by atoms with Crippen molar-refractivity contribution < 1.29 is 4.79 Å². The van der Waals surface area contributed by atoms with E-state index in [0.29, 0.717) is 5.91 Å². The topological polar surface area (TPSA) is 60.0 Å². The van der Waals surface area contributed by atoms with Crippen LogP contribution in [0.1, 0.15) is 52.4 Å². The summed E-state index contributed by atoms with van der Waals surface area (Å²) in [4.78, 5) is 20.8. The maximum absolute atomic E-state index is 11.6. The molecule has 26 heavy (non-hydrogen) atoms. The number of hydrogen-bond acceptors (Lipinski definition) is 3. The Hall–Kier alpha value is -0.570. The zero-order chi connectivity index (χ0) is 17.9. The largest absolute Gasteiger partial charge is 0.357 e. The van der Waals surface area contributed by atoms with Crippen LogP contribution in [0.5, 0.6) is 0 Å². The first-order valence-electron chi connectivity index (χ1n) is 10.2. The van der Waals surface area contributed by atoms with Crippen molar-refractivity contribution in [1.29, 1.82) is 0 Å². The molecule has 0 spiro atoms. The van der Waals surface area contributed by atoms with Crippen LogP contribution in [0, 0.1) is 5.92 Å². The van der Waals surface area contributed by atoms with Crippen LogP contribution in [0.25, 0.3) is 0 Å². The van der Waals surface area contributed by atoms with Crippen LogP contribution in [0.15, 0.2) is 4.99 Å². The van der Waals surface area contributed by atoms with Gasteiger partial charge in [0, 0.05) is 39.1 Å². The Bertz CT molecular complexity index is 424. The normalized spacial score (nSPS) is 19.5. The van der Waals surface area contributed by atoms with Gasteiger partial charge in [-0.05, 0) is 64.6 Å². The molecule has 0 unspecified atom stereocenters. The van der Waals surface area contributed by atoms with Crippen LogP contribution in [0.2, 0.25) is 0 Å². The average Bonchev–Trinajstić information content (AvgIpc) is 3.02. The highest BCUT2D eigenvalue weighted by atomic mass is 127. The van der Waals surface area contributed by atoms with Crippen LogP contribution in [0.4, 0.5) is 0 Å². The molecule has 152 valence electrons. The fraction of sp³-hybridized carbons (Fsp3) is 0.895. The van der Waals surface area contributed by atoms with Crippen molar-refractivity contribution in [3.63, 3.8) is 0 Å². The third kappa shape index (κ3) is 8.88. The lowest BCUT2D eigenvalue weighted by molar-refractivity contribution is -0.127. The molecule has 0 aromatic carbocycles. The summed E-state index contributed by atoms with van der Waals surface area (Å²) in [6.07, 6.45) is 6.52. The number of piperidine rings is 1. The first-order valence-corrected chi connectivity index (χ1v) is 10.2. The van der Waals surface area contributed by atoms with E-state index in [9.17, 15) is 4.79 Å². The van der Waals surface area contributed by atoms with Crippen molar-refractivity contribution in [1.82, 2.24) is 20.4 Å². The van der Waals surface area contributed by atoms with Crippen molar-refractivity contribution in [2.75, 3.05) is 52.4 Å². The molecule has 0 bridgehead atoms. The summed E-state index contributed by atoms with van der Waals surface area (Å²) in [5.41, 5.74) is 0. The zero-order valence-electron chi connectivity index (χ0n) is 16.6. The second-order valence-electron chi connectivity index (χ2n) is 7.40. The Morgan fingerprint density at radius 2 is 1.92 bits per heavy atom. The Morgan fingerprint density at radius 3 is 2.58 bits per heavy atom. The van der Waals surface area contributed by atoms with Crippen LogP contribution in [-0.4, -0.2) is 74.0 Å². The van der Waals surface area contributed by atoms with Gasteiger partial charge in [0.05, 0.1) is 0 Å². The molecule has 6 nitrogen and oxygen atoms in total. The fourth-order valence-electron chi connectivity index (χ4n) is 3.53. The molecular weight excluding hydrogens is 441 g/mol. The predicted molar refractivity (Wildman–Crippen MR) is 119 cm³/mol. The van der Waals surface area contributed by atoms with Crippen molar-refractivity contribution in [2.24, 2.45) is 10.9 Å². The molecule has 2 N–H and O–H groups in total. The van der Waals surface area contributed by atoms with Gasteiger partial charge in [-0.15, -0.1) is 24.0 Å². The molecule has 2 rings (SSSR count). The molecular formula is C19H38IN5O. The molecule has 1 amide bonds. The third-order valence-corrected chi connectivity index (χ3v) is 5.19. The van der Waals surface area contributed by atoms with E-state index < -0.39 is 0 Å². The lowest BCUT2D eigenvalue weighted by Gasteiger charge is -2.30. The van der Waals surface area contributed by atoms with Crippen molar-refractivity contribution in [2.45, 2.75) is 52.4 Å². The van der Waals surface area contributed by atoms with Gasteiger partial charge in [0.15, 0.2) is 5.96 Å².